The molecule has 5 rings (SSSR count). The summed E-state index contributed by atoms with van der Waals surface area (Å²) in [6.45, 7) is 4.47. The van der Waals surface area contributed by atoms with Crippen LogP contribution in [0, 0.1) is 13.8 Å². The Morgan fingerprint density at radius 2 is 1.67 bits per heavy atom. The molecule has 0 radical (unpaired) electrons. The first kappa shape index (κ1) is 11.3. The Morgan fingerprint density at radius 1 is 0.810 bits per heavy atom. The lowest BCUT2D eigenvalue weighted by Crippen LogP contribution is -1.97. The van der Waals surface area contributed by atoms with E-state index >= 15 is 0 Å². The van der Waals surface area contributed by atoms with Gasteiger partial charge in [-0.05, 0) is 74.8 Å². The van der Waals surface area contributed by atoms with Gasteiger partial charge in [0.25, 0.3) is 0 Å². The Kier molecular flexibility index (Phi) is 1.97. The van der Waals surface area contributed by atoms with Crippen molar-refractivity contribution in [3.05, 3.63) is 64.7 Å². The molecule has 0 aromatic heterocycles. The van der Waals surface area contributed by atoms with Crippen LogP contribution in [0.3, 0.4) is 0 Å². The van der Waals surface area contributed by atoms with E-state index < -0.39 is 0 Å². The van der Waals surface area contributed by atoms with E-state index in [0.29, 0.717) is 0 Å². The average molecular weight is 268 g/mol. The van der Waals surface area contributed by atoms with Gasteiger partial charge in [0, 0.05) is 0 Å². The van der Waals surface area contributed by atoms with Gasteiger partial charge in [-0.3, -0.25) is 0 Å². The number of benzene rings is 4. The first-order chi connectivity index (χ1) is 10.2. The lowest BCUT2D eigenvalue weighted by molar-refractivity contribution is 1.30. The van der Waals surface area contributed by atoms with Crippen LogP contribution in [0.25, 0.3) is 38.4 Å². The maximum atomic E-state index is 2.41. The van der Waals surface area contributed by atoms with Crippen molar-refractivity contribution in [1.29, 1.82) is 0 Å². The molecular formula is C21H16. The number of hydrogen-bond donors (Lipinski definition) is 0. The van der Waals surface area contributed by atoms with Crippen molar-refractivity contribution < 1.29 is 0 Å². The topological polar surface area (TPSA) is 0 Å². The van der Waals surface area contributed by atoms with Crippen molar-refractivity contribution in [2.45, 2.75) is 20.3 Å². The van der Waals surface area contributed by atoms with Crippen molar-refractivity contribution in [2.75, 3.05) is 0 Å². The second kappa shape index (κ2) is 3.65. The van der Waals surface area contributed by atoms with Crippen LogP contribution in [0.15, 0.2) is 42.5 Å². The summed E-state index contributed by atoms with van der Waals surface area (Å²) >= 11 is 0. The fourth-order valence-corrected chi connectivity index (χ4v) is 4.01. The van der Waals surface area contributed by atoms with Crippen LogP contribution in [0.4, 0.5) is 0 Å². The summed E-state index contributed by atoms with van der Waals surface area (Å²) in [5.74, 6) is 0. The fourth-order valence-electron chi connectivity index (χ4n) is 4.01. The van der Waals surface area contributed by atoms with E-state index in [0.717, 1.165) is 6.42 Å². The first-order valence-corrected chi connectivity index (χ1v) is 7.61. The SMILES string of the molecule is Cc1cc2cc3c4c(ccc5ccc(c1C)c2c54)C=CC3. The zero-order chi connectivity index (χ0) is 14.1. The molecule has 0 atom stereocenters. The van der Waals surface area contributed by atoms with Crippen LogP contribution in [-0.2, 0) is 6.42 Å². The third kappa shape index (κ3) is 1.30. The Bertz CT molecular complexity index is 1060. The average Bonchev–Trinajstić information content (AvgIpc) is 2.51. The molecule has 0 bridgehead atoms. The molecule has 4 aromatic carbocycles. The third-order valence-electron chi connectivity index (χ3n) is 5.16. The zero-order valence-electron chi connectivity index (χ0n) is 12.3. The van der Waals surface area contributed by atoms with Gasteiger partial charge in [0.2, 0.25) is 0 Å². The molecular weight excluding hydrogens is 252 g/mol. The summed E-state index contributed by atoms with van der Waals surface area (Å²) in [4.78, 5) is 0. The minimum absolute atomic E-state index is 1.05. The van der Waals surface area contributed by atoms with Crippen LogP contribution in [0.2, 0.25) is 0 Å². The highest BCUT2D eigenvalue weighted by Gasteiger charge is 2.16. The molecule has 0 saturated carbocycles. The molecule has 0 nitrogen and oxygen atoms in total. The van der Waals surface area contributed by atoms with Gasteiger partial charge in [-0.1, -0.05) is 48.6 Å². The van der Waals surface area contributed by atoms with Gasteiger partial charge in [0.15, 0.2) is 0 Å². The molecule has 0 saturated heterocycles. The van der Waals surface area contributed by atoms with Crippen molar-refractivity contribution >= 4 is 38.4 Å². The van der Waals surface area contributed by atoms with Gasteiger partial charge in [-0.2, -0.15) is 0 Å². The number of hydrogen-bond acceptors (Lipinski definition) is 0. The molecule has 1 aliphatic rings. The van der Waals surface area contributed by atoms with Gasteiger partial charge in [-0.25, -0.2) is 0 Å². The van der Waals surface area contributed by atoms with Gasteiger partial charge >= 0.3 is 0 Å². The third-order valence-corrected chi connectivity index (χ3v) is 5.16. The van der Waals surface area contributed by atoms with Crippen LogP contribution >= 0.6 is 0 Å². The molecule has 0 fully saturated rings. The summed E-state index contributed by atoms with van der Waals surface area (Å²) < 4.78 is 0. The van der Waals surface area contributed by atoms with Crippen LogP contribution in [0.5, 0.6) is 0 Å². The lowest BCUT2D eigenvalue weighted by Gasteiger charge is -2.20. The summed E-state index contributed by atoms with van der Waals surface area (Å²) in [5.41, 5.74) is 5.65. The smallest absolute Gasteiger partial charge is 0.00178 e. The first-order valence-electron chi connectivity index (χ1n) is 7.61. The Hall–Kier alpha value is -2.34. The van der Waals surface area contributed by atoms with Gasteiger partial charge in [-0.15, -0.1) is 0 Å². The Labute approximate surface area is 124 Å². The molecule has 4 aromatic rings. The van der Waals surface area contributed by atoms with E-state index in [4.69, 9.17) is 0 Å². The van der Waals surface area contributed by atoms with E-state index in [-0.39, 0.29) is 0 Å². The van der Waals surface area contributed by atoms with E-state index in [9.17, 15) is 0 Å². The highest BCUT2D eigenvalue weighted by atomic mass is 14.2. The maximum absolute atomic E-state index is 2.41. The summed E-state index contributed by atoms with van der Waals surface area (Å²) in [6, 6.07) is 13.9. The molecule has 0 unspecified atom stereocenters. The van der Waals surface area contributed by atoms with E-state index in [1.54, 1.807) is 0 Å². The summed E-state index contributed by atoms with van der Waals surface area (Å²) in [6.07, 6.45) is 5.61. The molecule has 100 valence electrons. The predicted molar refractivity (Wildman–Crippen MR) is 92.4 cm³/mol. The highest BCUT2D eigenvalue weighted by Crippen LogP contribution is 2.41. The maximum Gasteiger partial charge on any atom is -0.00178 e. The predicted octanol–water partition coefficient (Wildman–Crippen LogP) is 5.77. The Balaban J connectivity index is 2.21. The summed E-state index contributed by atoms with van der Waals surface area (Å²) in [5, 5.41) is 8.56. The second-order valence-electron chi connectivity index (χ2n) is 6.30. The molecule has 0 amide bonds. The van der Waals surface area contributed by atoms with E-state index in [1.807, 2.05) is 0 Å². The lowest BCUT2D eigenvalue weighted by atomic mass is 9.84. The minimum atomic E-state index is 1.05. The second-order valence-corrected chi connectivity index (χ2v) is 6.30. The van der Waals surface area contributed by atoms with E-state index in [2.05, 4.69) is 62.4 Å². The highest BCUT2D eigenvalue weighted by molar-refractivity contribution is 6.26. The van der Waals surface area contributed by atoms with Crippen LogP contribution < -0.4 is 0 Å². The molecule has 0 N–H and O–H groups in total. The Morgan fingerprint density at radius 3 is 2.57 bits per heavy atom. The number of aryl methyl sites for hydroxylation is 2. The standard InChI is InChI=1S/C21H16/c1-12-10-17-11-16-5-3-4-14-6-7-15-8-9-18(13(12)2)20(17)21(15)19(14)16/h3-4,6-11H,5H2,1-2H3. The molecule has 0 aliphatic heterocycles. The molecule has 21 heavy (non-hydrogen) atoms. The molecule has 0 spiro atoms. The quantitative estimate of drug-likeness (QED) is 0.355. The van der Waals surface area contributed by atoms with Crippen molar-refractivity contribution in [3.8, 4) is 0 Å². The molecule has 0 heteroatoms. The monoisotopic (exact) mass is 268 g/mol. The van der Waals surface area contributed by atoms with E-state index in [1.165, 1.54) is 54.6 Å². The minimum Gasteiger partial charge on any atom is -0.0795 e. The molecule has 0 heterocycles. The van der Waals surface area contributed by atoms with Crippen LogP contribution in [-0.4, -0.2) is 0 Å². The normalized spacial score (nSPS) is 13.8. The fraction of sp³-hybridized carbons (Fsp3) is 0.143. The molecule has 1 aliphatic carbocycles. The van der Waals surface area contributed by atoms with Gasteiger partial charge < -0.3 is 0 Å². The van der Waals surface area contributed by atoms with Gasteiger partial charge in [0.05, 0.1) is 0 Å². The zero-order valence-corrected chi connectivity index (χ0v) is 12.3. The van der Waals surface area contributed by atoms with Crippen molar-refractivity contribution in [1.82, 2.24) is 0 Å². The van der Waals surface area contributed by atoms with Gasteiger partial charge in [0.1, 0.15) is 0 Å². The van der Waals surface area contributed by atoms with Crippen LogP contribution in [0.1, 0.15) is 22.3 Å². The largest absolute Gasteiger partial charge is 0.0795 e. The van der Waals surface area contributed by atoms with Crippen molar-refractivity contribution in [3.63, 3.8) is 0 Å². The summed E-state index contributed by atoms with van der Waals surface area (Å²) in [7, 11) is 0. The number of allylic oxidation sites excluding steroid dienone is 1. The number of rotatable bonds is 0. The van der Waals surface area contributed by atoms with Crippen molar-refractivity contribution in [2.24, 2.45) is 0 Å².